The Hall–Kier alpha value is -0.900. The lowest BCUT2D eigenvalue weighted by Crippen LogP contribution is -2.43. The van der Waals surface area contributed by atoms with Crippen molar-refractivity contribution in [2.45, 2.75) is 57.1 Å². The Morgan fingerprint density at radius 1 is 1.30 bits per heavy atom. The van der Waals surface area contributed by atoms with E-state index in [-0.39, 0.29) is 11.6 Å². The number of benzene rings is 1. The van der Waals surface area contributed by atoms with Crippen LogP contribution in [0.3, 0.4) is 0 Å². The highest BCUT2D eigenvalue weighted by Gasteiger charge is 2.42. The Balaban J connectivity index is 1.81. The Morgan fingerprint density at radius 3 is 2.75 bits per heavy atom. The molecule has 2 atom stereocenters. The summed E-state index contributed by atoms with van der Waals surface area (Å²) in [4.78, 5) is 0. The summed E-state index contributed by atoms with van der Waals surface area (Å²) in [6.45, 7) is 3.05. The first-order valence-corrected chi connectivity index (χ1v) is 7.90. The number of nitrogens with two attached hydrogens (primary N) is 1. The maximum Gasteiger partial charge on any atom is 0.0686 e. The number of hydrazine groups is 1. The minimum absolute atomic E-state index is 0.153. The molecule has 0 bridgehead atoms. The van der Waals surface area contributed by atoms with E-state index < -0.39 is 0 Å². The van der Waals surface area contributed by atoms with Gasteiger partial charge in [-0.3, -0.25) is 11.3 Å². The Morgan fingerprint density at radius 2 is 2.05 bits per heavy atom. The maximum atomic E-state index is 6.15. The van der Waals surface area contributed by atoms with Crippen LogP contribution < -0.4 is 11.3 Å². The van der Waals surface area contributed by atoms with E-state index in [2.05, 4.69) is 36.6 Å². The molecule has 0 amide bonds. The fourth-order valence-corrected chi connectivity index (χ4v) is 4.13. The molecule has 110 valence electrons. The second kappa shape index (κ2) is 5.84. The highest BCUT2D eigenvalue weighted by molar-refractivity contribution is 5.29. The van der Waals surface area contributed by atoms with E-state index >= 15 is 0 Å². The van der Waals surface area contributed by atoms with Crippen LogP contribution in [0, 0.1) is 12.8 Å². The van der Waals surface area contributed by atoms with Crippen molar-refractivity contribution in [1.29, 1.82) is 0 Å². The van der Waals surface area contributed by atoms with Crippen LogP contribution in [-0.4, -0.2) is 12.2 Å². The van der Waals surface area contributed by atoms with E-state index in [4.69, 9.17) is 10.6 Å². The SMILES string of the molecule is Cc1ccccc1C(NN)C1CCOC2(CCCC2)C1. The van der Waals surface area contributed by atoms with Crippen molar-refractivity contribution >= 4 is 0 Å². The molecule has 3 nitrogen and oxygen atoms in total. The van der Waals surface area contributed by atoms with Gasteiger partial charge in [-0.1, -0.05) is 37.1 Å². The summed E-state index contributed by atoms with van der Waals surface area (Å²) in [7, 11) is 0. The molecule has 2 unspecified atom stereocenters. The molecule has 1 spiro atoms. The highest BCUT2D eigenvalue weighted by atomic mass is 16.5. The Labute approximate surface area is 121 Å². The molecule has 2 fully saturated rings. The van der Waals surface area contributed by atoms with Gasteiger partial charge >= 0.3 is 0 Å². The number of hydrogen-bond donors (Lipinski definition) is 2. The van der Waals surface area contributed by atoms with Gasteiger partial charge in [0.2, 0.25) is 0 Å². The predicted octanol–water partition coefficient (Wildman–Crippen LogP) is 3.24. The van der Waals surface area contributed by atoms with E-state index in [1.54, 1.807) is 0 Å². The Bertz CT molecular complexity index is 454. The van der Waals surface area contributed by atoms with Crippen molar-refractivity contribution in [3.05, 3.63) is 35.4 Å². The fraction of sp³-hybridized carbons (Fsp3) is 0.647. The first-order valence-electron chi connectivity index (χ1n) is 7.90. The van der Waals surface area contributed by atoms with E-state index in [1.165, 1.54) is 36.8 Å². The predicted molar refractivity (Wildman–Crippen MR) is 81.1 cm³/mol. The standard InChI is InChI=1S/C17H26N2O/c1-13-6-2-3-7-15(13)16(19-18)14-8-11-20-17(12-14)9-4-5-10-17/h2-3,6-7,14,16,19H,4-5,8-12,18H2,1H3. The zero-order valence-electron chi connectivity index (χ0n) is 12.4. The smallest absolute Gasteiger partial charge is 0.0686 e. The first kappa shape index (κ1) is 14.1. The maximum absolute atomic E-state index is 6.15. The van der Waals surface area contributed by atoms with E-state index in [0.29, 0.717) is 5.92 Å². The third-order valence-corrected chi connectivity index (χ3v) is 5.22. The lowest BCUT2D eigenvalue weighted by atomic mass is 9.78. The molecule has 1 aromatic rings. The normalized spacial score (nSPS) is 26.8. The van der Waals surface area contributed by atoms with Gasteiger partial charge in [-0.25, -0.2) is 0 Å². The van der Waals surface area contributed by atoms with Crippen LogP contribution in [0.4, 0.5) is 0 Å². The van der Waals surface area contributed by atoms with Crippen molar-refractivity contribution in [1.82, 2.24) is 5.43 Å². The highest BCUT2D eigenvalue weighted by Crippen LogP contribution is 2.45. The quantitative estimate of drug-likeness (QED) is 0.657. The molecule has 1 saturated carbocycles. The van der Waals surface area contributed by atoms with Gasteiger partial charge < -0.3 is 4.74 Å². The van der Waals surface area contributed by atoms with E-state index in [1.807, 2.05) is 0 Å². The molecule has 1 heterocycles. The molecule has 0 aromatic heterocycles. The third kappa shape index (κ3) is 2.62. The van der Waals surface area contributed by atoms with Gasteiger partial charge in [0.15, 0.2) is 0 Å². The summed E-state index contributed by atoms with van der Waals surface area (Å²) in [6, 6.07) is 8.82. The van der Waals surface area contributed by atoms with Crippen LogP contribution in [-0.2, 0) is 4.74 Å². The topological polar surface area (TPSA) is 47.3 Å². The molecule has 3 rings (SSSR count). The first-order chi connectivity index (χ1) is 9.74. The van der Waals surface area contributed by atoms with Gasteiger partial charge in [0.1, 0.15) is 0 Å². The van der Waals surface area contributed by atoms with Gasteiger partial charge in [0.05, 0.1) is 5.60 Å². The second-order valence-electron chi connectivity index (χ2n) is 6.49. The second-order valence-corrected chi connectivity index (χ2v) is 6.49. The summed E-state index contributed by atoms with van der Waals surface area (Å²) < 4.78 is 6.15. The summed E-state index contributed by atoms with van der Waals surface area (Å²) in [5.41, 5.74) is 5.90. The minimum atomic E-state index is 0.153. The molecule has 20 heavy (non-hydrogen) atoms. The fourth-order valence-electron chi connectivity index (χ4n) is 4.13. The molecule has 1 aromatic carbocycles. The summed E-state index contributed by atoms with van der Waals surface area (Å²) in [5, 5.41) is 0. The van der Waals surface area contributed by atoms with Crippen molar-refractivity contribution in [3.8, 4) is 0 Å². The lowest BCUT2D eigenvalue weighted by molar-refractivity contribution is -0.0982. The van der Waals surface area contributed by atoms with Gasteiger partial charge in [0.25, 0.3) is 0 Å². The van der Waals surface area contributed by atoms with Gasteiger partial charge in [-0.15, -0.1) is 0 Å². The average molecular weight is 274 g/mol. The zero-order chi connectivity index (χ0) is 14.0. The van der Waals surface area contributed by atoms with Crippen molar-refractivity contribution in [2.75, 3.05) is 6.61 Å². The number of aryl methyl sites for hydroxylation is 1. The molecule has 3 heteroatoms. The largest absolute Gasteiger partial charge is 0.375 e. The van der Waals surface area contributed by atoms with Gasteiger partial charge in [-0.05, 0) is 49.7 Å². The van der Waals surface area contributed by atoms with Crippen LogP contribution >= 0.6 is 0 Å². The van der Waals surface area contributed by atoms with E-state index in [0.717, 1.165) is 19.4 Å². The third-order valence-electron chi connectivity index (χ3n) is 5.22. The number of hydrogen-bond acceptors (Lipinski definition) is 3. The van der Waals surface area contributed by atoms with Crippen molar-refractivity contribution in [2.24, 2.45) is 11.8 Å². The number of ether oxygens (including phenoxy) is 1. The van der Waals surface area contributed by atoms with Crippen LogP contribution in [0.1, 0.15) is 55.7 Å². The zero-order valence-corrected chi connectivity index (χ0v) is 12.4. The van der Waals surface area contributed by atoms with Crippen molar-refractivity contribution in [3.63, 3.8) is 0 Å². The van der Waals surface area contributed by atoms with Crippen LogP contribution in [0.2, 0.25) is 0 Å². The molecule has 1 saturated heterocycles. The summed E-state index contributed by atoms with van der Waals surface area (Å²) >= 11 is 0. The lowest BCUT2D eigenvalue weighted by Gasteiger charge is -2.41. The van der Waals surface area contributed by atoms with Crippen molar-refractivity contribution < 1.29 is 4.74 Å². The molecule has 1 aliphatic heterocycles. The monoisotopic (exact) mass is 274 g/mol. The minimum Gasteiger partial charge on any atom is -0.375 e. The molecular formula is C17H26N2O. The summed E-state index contributed by atoms with van der Waals surface area (Å²) in [6.07, 6.45) is 7.35. The number of nitrogens with one attached hydrogen (secondary N) is 1. The average Bonchev–Trinajstić information content (AvgIpc) is 2.90. The molecule has 2 aliphatic rings. The van der Waals surface area contributed by atoms with Crippen LogP contribution in [0.5, 0.6) is 0 Å². The van der Waals surface area contributed by atoms with E-state index in [9.17, 15) is 0 Å². The summed E-state index contributed by atoms with van der Waals surface area (Å²) in [5.74, 6) is 6.48. The van der Waals surface area contributed by atoms with Crippen LogP contribution in [0.25, 0.3) is 0 Å². The van der Waals surface area contributed by atoms with Crippen LogP contribution in [0.15, 0.2) is 24.3 Å². The van der Waals surface area contributed by atoms with Gasteiger partial charge in [0, 0.05) is 12.6 Å². The number of rotatable bonds is 3. The molecule has 1 aliphatic carbocycles. The molecule has 0 radical (unpaired) electrons. The molecular weight excluding hydrogens is 248 g/mol. The Kier molecular flexibility index (Phi) is 4.11. The molecule has 3 N–H and O–H groups in total. The van der Waals surface area contributed by atoms with Gasteiger partial charge in [-0.2, -0.15) is 0 Å².